The minimum Gasteiger partial charge on any atom is -0.465 e. The SMILES string of the molecule is CCCCCCCCCCCC(=O)OCCC[N+](C)(C)CC(O)CS(=O)(=O)O. The van der Waals surface area contributed by atoms with Crippen LogP contribution in [0.1, 0.15) is 77.6 Å². The summed E-state index contributed by atoms with van der Waals surface area (Å²) in [6, 6.07) is 0. The molecule has 0 aromatic carbocycles. The molecule has 8 heteroatoms. The van der Waals surface area contributed by atoms with E-state index in [1.54, 1.807) is 0 Å². The first-order valence-corrected chi connectivity index (χ1v) is 12.3. The number of unbranched alkanes of at least 4 members (excludes halogenated alkanes) is 8. The van der Waals surface area contributed by atoms with Gasteiger partial charge in [0.15, 0.2) is 0 Å². The van der Waals surface area contributed by atoms with E-state index in [2.05, 4.69) is 6.92 Å². The number of hydrogen-bond acceptors (Lipinski definition) is 5. The minimum atomic E-state index is -4.18. The Morgan fingerprint density at radius 2 is 1.50 bits per heavy atom. The van der Waals surface area contributed by atoms with E-state index in [1.807, 2.05) is 14.1 Å². The summed E-state index contributed by atoms with van der Waals surface area (Å²) in [7, 11) is -0.465. The number of esters is 1. The predicted molar refractivity (Wildman–Crippen MR) is 112 cm³/mol. The van der Waals surface area contributed by atoms with E-state index < -0.39 is 22.0 Å². The Morgan fingerprint density at radius 1 is 0.964 bits per heavy atom. The molecule has 0 aliphatic carbocycles. The van der Waals surface area contributed by atoms with Crippen molar-refractivity contribution >= 4 is 16.1 Å². The van der Waals surface area contributed by atoms with Gasteiger partial charge in [-0.15, -0.1) is 0 Å². The van der Waals surface area contributed by atoms with Gasteiger partial charge in [-0.25, -0.2) is 0 Å². The van der Waals surface area contributed by atoms with Gasteiger partial charge in [0.2, 0.25) is 0 Å². The van der Waals surface area contributed by atoms with E-state index in [-0.39, 0.29) is 12.5 Å². The zero-order valence-electron chi connectivity index (χ0n) is 18.1. The van der Waals surface area contributed by atoms with E-state index in [1.165, 1.54) is 44.9 Å². The van der Waals surface area contributed by atoms with Crippen molar-refractivity contribution in [3.05, 3.63) is 0 Å². The van der Waals surface area contributed by atoms with Crippen LogP contribution in [0.2, 0.25) is 0 Å². The highest BCUT2D eigenvalue weighted by molar-refractivity contribution is 7.85. The fraction of sp³-hybridized carbons (Fsp3) is 0.950. The lowest BCUT2D eigenvalue weighted by atomic mass is 10.1. The molecule has 7 nitrogen and oxygen atoms in total. The van der Waals surface area contributed by atoms with Crippen molar-refractivity contribution in [3.63, 3.8) is 0 Å². The van der Waals surface area contributed by atoms with Crippen molar-refractivity contribution in [1.29, 1.82) is 0 Å². The molecule has 0 aliphatic rings. The second-order valence-electron chi connectivity index (χ2n) is 8.40. The maximum atomic E-state index is 11.7. The molecule has 0 aromatic heterocycles. The Balaban J connectivity index is 3.67. The molecule has 0 radical (unpaired) electrons. The normalized spacial score (nSPS) is 13.5. The summed E-state index contributed by atoms with van der Waals surface area (Å²) in [5, 5.41) is 9.74. The second kappa shape index (κ2) is 15.2. The van der Waals surface area contributed by atoms with Gasteiger partial charge >= 0.3 is 5.97 Å². The summed E-state index contributed by atoms with van der Waals surface area (Å²) in [6.45, 7) is 3.38. The maximum Gasteiger partial charge on any atom is 0.305 e. The molecule has 0 amide bonds. The van der Waals surface area contributed by atoms with E-state index in [4.69, 9.17) is 9.29 Å². The number of aliphatic hydroxyl groups excluding tert-OH is 1. The van der Waals surface area contributed by atoms with Gasteiger partial charge in [0.05, 0.1) is 27.2 Å². The van der Waals surface area contributed by atoms with E-state index >= 15 is 0 Å². The molecule has 0 heterocycles. The lowest BCUT2D eigenvalue weighted by molar-refractivity contribution is -0.893. The quantitative estimate of drug-likeness (QED) is 0.152. The first-order chi connectivity index (χ1) is 13.1. The number of ether oxygens (including phenoxy) is 1. The zero-order valence-corrected chi connectivity index (χ0v) is 18.9. The highest BCUT2D eigenvalue weighted by Gasteiger charge is 2.24. The van der Waals surface area contributed by atoms with Crippen molar-refractivity contribution in [3.8, 4) is 0 Å². The molecule has 0 rings (SSSR count). The third kappa shape index (κ3) is 18.7. The van der Waals surface area contributed by atoms with Gasteiger partial charge < -0.3 is 14.3 Å². The molecule has 0 fully saturated rings. The summed E-state index contributed by atoms with van der Waals surface area (Å²) >= 11 is 0. The number of hydrogen-bond donors (Lipinski definition) is 2. The molecule has 28 heavy (non-hydrogen) atoms. The van der Waals surface area contributed by atoms with Gasteiger partial charge in [0.25, 0.3) is 10.1 Å². The third-order valence-electron chi connectivity index (χ3n) is 4.76. The average molecular weight is 425 g/mol. The van der Waals surface area contributed by atoms with E-state index in [0.29, 0.717) is 30.5 Å². The van der Waals surface area contributed by atoms with Crippen molar-refractivity contribution in [2.45, 2.75) is 83.7 Å². The van der Waals surface area contributed by atoms with Gasteiger partial charge in [-0.1, -0.05) is 58.3 Å². The van der Waals surface area contributed by atoms with Gasteiger partial charge in [-0.2, -0.15) is 8.42 Å². The summed E-state index contributed by atoms with van der Waals surface area (Å²) in [5.41, 5.74) is 0. The molecule has 0 bridgehead atoms. The Labute approximate surface area is 171 Å². The molecular formula is C20H42NO6S+. The highest BCUT2D eigenvalue weighted by atomic mass is 32.2. The van der Waals surface area contributed by atoms with Crippen molar-refractivity contribution in [2.24, 2.45) is 0 Å². The molecule has 0 saturated heterocycles. The monoisotopic (exact) mass is 424 g/mol. The standard InChI is InChI=1S/C20H41NO6S/c1-4-5-6-7-8-9-10-11-12-14-20(23)27-16-13-15-21(2,3)17-19(22)18-28(24,25)26/h19,22H,4-18H2,1-3H3/p+1. The average Bonchev–Trinajstić information content (AvgIpc) is 2.55. The number of nitrogens with zero attached hydrogens (tertiary/aromatic N) is 1. The molecule has 1 atom stereocenters. The molecule has 0 spiro atoms. The number of carbonyl (C=O) groups excluding carboxylic acids is 1. The predicted octanol–water partition coefficient (Wildman–Crippen LogP) is 3.17. The van der Waals surface area contributed by atoms with Crippen LogP contribution < -0.4 is 0 Å². The smallest absolute Gasteiger partial charge is 0.305 e. The van der Waals surface area contributed by atoms with Crippen LogP contribution in [0.25, 0.3) is 0 Å². The van der Waals surface area contributed by atoms with Gasteiger partial charge in [-0.3, -0.25) is 9.35 Å². The summed E-state index contributed by atoms with van der Waals surface area (Å²) in [5.74, 6) is -0.831. The lowest BCUT2D eigenvalue weighted by Gasteiger charge is -2.31. The molecular weight excluding hydrogens is 382 g/mol. The second-order valence-corrected chi connectivity index (χ2v) is 9.89. The van der Waals surface area contributed by atoms with E-state index in [0.717, 1.165) is 12.8 Å². The van der Waals surface area contributed by atoms with Crippen LogP contribution in [-0.2, 0) is 19.6 Å². The van der Waals surface area contributed by atoms with Crippen LogP contribution in [-0.4, -0.2) is 74.2 Å². The highest BCUT2D eigenvalue weighted by Crippen LogP contribution is 2.11. The van der Waals surface area contributed by atoms with Crippen LogP contribution in [0.5, 0.6) is 0 Å². The first-order valence-electron chi connectivity index (χ1n) is 10.7. The van der Waals surface area contributed by atoms with Crippen LogP contribution in [0.15, 0.2) is 0 Å². The van der Waals surface area contributed by atoms with Crippen LogP contribution in [0, 0.1) is 0 Å². The Morgan fingerprint density at radius 3 is 2.04 bits per heavy atom. The number of rotatable bonds is 18. The number of aliphatic hydroxyl groups is 1. The fourth-order valence-corrected chi connectivity index (χ4v) is 3.88. The van der Waals surface area contributed by atoms with Crippen molar-refractivity contribution < 1.29 is 32.1 Å². The van der Waals surface area contributed by atoms with Crippen LogP contribution >= 0.6 is 0 Å². The number of likely N-dealkylation sites (N-methyl/N-ethyl adjacent to an activating group) is 1. The minimum absolute atomic E-state index is 0.167. The summed E-state index contributed by atoms with van der Waals surface area (Å²) in [6.07, 6.45) is 10.9. The molecule has 168 valence electrons. The van der Waals surface area contributed by atoms with Crippen LogP contribution in [0.4, 0.5) is 0 Å². The molecule has 1 unspecified atom stereocenters. The summed E-state index contributed by atoms with van der Waals surface area (Å²) in [4.78, 5) is 11.7. The zero-order chi connectivity index (χ0) is 21.5. The Bertz CT molecular complexity index is 507. The largest absolute Gasteiger partial charge is 0.465 e. The Hall–Kier alpha value is -0.700. The third-order valence-corrected chi connectivity index (χ3v) is 5.57. The number of carbonyl (C=O) groups is 1. The van der Waals surface area contributed by atoms with E-state index in [9.17, 15) is 18.3 Å². The molecule has 0 aliphatic heterocycles. The van der Waals surface area contributed by atoms with Gasteiger partial charge in [-0.05, 0) is 6.42 Å². The van der Waals surface area contributed by atoms with Crippen LogP contribution in [0.3, 0.4) is 0 Å². The number of quaternary nitrogens is 1. The van der Waals surface area contributed by atoms with Crippen molar-refractivity contribution in [2.75, 3.05) is 39.5 Å². The molecule has 2 N–H and O–H groups in total. The molecule has 0 aromatic rings. The maximum absolute atomic E-state index is 11.7. The fourth-order valence-electron chi connectivity index (χ4n) is 3.29. The molecule has 0 saturated carbocycles. The van der Waals surface area contributed by atoms with Gasteiger partial charge in [0, 0.05) is 12.8 Å². The van der Waals surface area contributed by atoms with Gasteiger partial charge in [0.1, 0.15) is 18.4 Å². The lowest BCUT2D eigenvalue weighted by Crippen LogP contribution is -2.47. The summed E-state index contributed by atoms with van der Waals surface area (Å²) < 4.78 is 36.0. The first kappa shape index (κ1) is 27.3. The Kier molecular flexibility index (Phi) is 14.8. The van der Waals surface area contributed by atoms with Crippen molar-refractivity contribution in [1.82, 2.24) is 0 Å². The topological polar surface area (TPSA) is 101 Å².